The maximum Gasteiger partial charge on any atom is 0.108 e. The van der Waals surface area contributed by atoms with Gasteiger partial charge >= 0.3 is 0 Å². The van der Waals surface area contributed by atoms with Crippen LogP contribution in [0.4, 0.5) is 0 Å². The molecule has 0 bridgehead atoms. The third-order valence-electron chi connectivity index (χ3n) is 2.20. The van der Waals surface area contributed by atoms with Gasteiger partial charge in [-0.2, -0.15) is 15.8 Å². The standard InChI is InChI=1S/C10H14N4/c1-3-4-10(2,9-13)14(7-5-11)8-6-12/h3-4,7-8H2,1-2H3/t10-/m0/s1. The number of rotatable bonds is 5. The monoisotopic (exact) mass is 190 g/mol. The Morgan fingerprint density at radius 1 is 1.14 bits per heavy atom. The molecular weight excluding hydrogens is 176 g/mol. The minimum absolute atomic E-state index is 0.123. The summed E-state index contributed by atoms with van der Waals surface area (Å²) in [6, 6.07) is 6.12. The van der Waals surface area contributed by atoms with Crippen molar-refractivity contribution in [3.63, 3.8) is 0 Å². The zero-order valence-corrected chi connectivity index (χ0v) is 8.62. The van der Waals surface area contributed by atoms with Crippen molar-refractivity contribution in [2.75, 3.05) is 13.1 Å². The molecule has 0 heterocycles. The first-order valence-corrected chi connectivity index (χ1v) is 4.54. The predicted octanol–water partition coefficient (Wildman–Crippen LogP) is 1.42. The van der Waals surface area contributed by atoms with Gasteiger partial charge in [0.05, 0.1) is 31.3 Å². The Kier molecular flexibility index (Phi) is 5.30. The molecule has 0 aliphatic rings. The Bertz CT molecular complexity index is 275. The van der Waals surface area contributed by atoms with E-state index in [0.29, 0.717) is 6.42 Å². The van der Waals surface area contributed by atoms with Crippen LogP contribution in [0.15, 0.2) is 0 Å². The lowest BCUT2D eigenvalue weighted by atomic mass is 9.95. The number of hydrogen-bond acceptors (Lipinski definition) is 4. The van der Waals surface area contributed by atoms with Crippen molar-refractivity contribution < 1.29 is 0 Å². The second kappa shape index (κ2) is 5.97. The van der Waals surface area contributed by atoms with Crippen LogP contribution in [-0.4, -0.2) is 23.5 Å². The molecule has 0 spiro atoms. The zero-order valence-electron chi connectivity index (χ0n) is 8.62. The van der Waals surface area contributed by atoms with E-state index in [9.17, 15) is 0 Å². The number of hydrogen-bond donors (Lipinski definition) is 0. The van der Waals surface area contributed by atoms with Gasteiger partial charge in [0.15, 0.2) is 0 Å². The molecule has 0 aromatic carbocycles. The van der Waals surface area contributed by atoms with E-state index in [2.05, 4.69) is 6.07 Å². The van der Waals surface area contributed by atoms with Gasteiger partial charge in [-0.25, -0.2) is 0 Å². The molecule has 0 aromatic rings. The first-order chi connectivity index (χ1) is 6.64. The van der Waals surface area contributed by atoms with Gasteiger partial charge in [0, 0.05) is 0 Å². The second-order valence-electron chi connectivity index (χ2n) is 3.31. The summed E-state index contributed by atoms with van der Waals surface area (Å²) in [6.07, 6.45) is 1.53. The Morgan fingerprint density at radius 3 is 1.93 bits per heavy atom. The molecule has 0 fully saturated rings. The van der Waals surface area contributed by atoms with Crippen LogP contribution in [0.5, 0.6) is 0 Å². The molecule has 0 radical (unpaired) electrons. The summed E-state index contributed by atoms with van der Waals surface area (Å²) in [4.78, 5) is 1.61. The Morgan fingerprint density at radius 2 is 1.64 bits per heavy atom. The minimum atomic E-state index is -0.694. The van der Waals surface area contributed by atoms with Crippen molar-refractivity contribution in [1.82, 2.24) is 4.90 Å². The summed E-state index contributed by atoms with van der Waals surface area (Å²) in [5.74, 6) is 0. The Balaban J connectivity index is 4.69. The van der Waals surface area contributed by atoms with Gasteiger partial charge in [-0.15, -0.1) is 0 Å². The molecule has 0 N–H and O–H groups in total. The fourth-order valence-electron chi connectivity index (χ4n) is 1.35. The highest BCUT2D eigenvalue weighted by Gasteiger charge is 2.30. The number of nitrogens with zero attached hydrogens (tertiary/aromatic N) is 4. The summed E-state index contributed by atoms with van der Waals surface area (Å²) < 4.78 is 0. The van der Waals surface area contributed by atoms with Crippen molar-refractivity contribution in [3.8, 4) is 18.2 Å². The highest BCUT2D eigenvalue weighted by Crippen LogP contribution is 2.19. The molecule has 14 heavy (non-hydrogen) atoms. The van der Waals surface area contributed by atoms with Crippen molar-refractivity contribution in [1.29, 1.82) is 15.8 Å². The van der Waals surface area contributed by atoms with E-state index in [1.165, 1.54) is 0 Å². The van der Waals surface area contributed by atoms with Crippen LogP contribution in [0.1, 0.15) is 26.7 Å². The molecule has 4 heteroatoms. The number of nitriles is 3. The van der Waals surface area contributed by atoms with E-state index in [1.54, 1.807) is 11.8 Å². The second-order valence-corrected chi connectivity index (χ2v) is 3.31. The van der Waals surface area contributed by atoms with Crippen LogP contribution in [0.2, 0.25) is 0 Å². The molecule has 4 nitrogen and oxygen atoms in total. The van der Waals surface area contributed by atoms with Gasteiger partial charge in [-0.3, -0.25) is 4.90 Å². The fraction of sp³-hybridized carbons (Fsp3) is 0.700. The lowest BCUT2D eigenvalue weighted by Gasteiger charge is -2.31. The Hall–Kier alpha value is -1.57. The maximum absolute atomic E-state index is 9.03. The van der Waals surface area contributed by atoms with Crippen LogP contribution < -0.4 is 0 Å². The highest BCUT2D eigenvalue weighted by atomic mass is 15.2. The van der Waals surface area contributed by atoms with Crippen LogP contribution in [0.3, 0.4) is 0 Å². The lowest BCUT2D eigenvalue weighted by molar-refractivity contribution is 0.182. The average molecular weight is 190 g/mol. The van der Waals surface area contributed by atoms with Gasteiger partial charge in [0.1, 0.15) is 5.54 Å². The van der Waals surface area contributed by atoms with Crippen molar-refractivity contribution in [2.45, 2.75) is 32.2 Å². The first-order valence-electron chi connectivity index (χ1n) is 4.54. The first kappa shape index (κ1) is 12.4. The summed E-state index contributed by atoms with van der Waals surface area (Å²) in [7, 11) is 0. The van der Waals surface area contributed by atoms with E-state index in [-0.39, 0.29) is 13.1 Å². The van der Waals surface area contributed by atoms with E-state index >= 15 is 0 Å². The predicted molar refractivity (Wildman–Crippen MR) is 51.7 cm³/mol. The minimum Gasteiger partial charge on any atom is -0.259 e. The van der Waals surface area contributed by atoms with Gasteiger partial charge in [0.2, 0.25) is 0 Å². The van der Waals surface area contributed by atoms with E-state index < -0.39 is 5.54 Å². The molecule has 1 atom stereocenters. The maximum atomic E-state index is 9.03. The zero-order chi connectivity index (χ0) is 11.0. The van der Waals surface area contributed by atoms with Crippen LogP contribution in [0.25, 0.3) is 0 Å². The third-order valence-corrected chi connectivity index (χ3v) is 2.20. The van der Waals surface area contributed by atoms with Gasteiger partial charge in [0.25, 0.3) is 0 Å². The summed E-state index contributed by atoms with van der Waals surface area (Å²) >= 11 is 0. The van der Waals surface area contributed by atoms with E-state index in [0.717, 1.165) is 6.42 Å². The molecule has 0 aliphatic heterocycles. The molecular formula is C10H14N4. The molecule has 0 saturated carbocycles. The van der Waals surface area contributed by atoms with E-state index in [4.69, 9.17) is 15.8 Å². The summed E-state index contributed by atoms with van der Waals surface area (Å²) in [5, 5.41) is 26.2. The molecule has 0 unspecified atom stereocenters. The average Bonchev–Trinajstić information content (AvgIpc) is 2.18. The summed E-state index contributed by atoms with van der Waals surface area (Å²) in [6.45, 7) is 3.99. The van der Waals surface area contributed by atoms with Crippen LogP contribution >= 0.6 is 0 Å². The normalized spacial score (nSPS) is 13.7. The van der Waals surface area contributed by atoms with Gasteiger partial charge in [-0.05, 0) is 13.3 Å². The molecule has 0 rings (SSSR count). The van der Waals surface area contributed by atoms with Crippen molar-refractivity contribution >= 4 is 0 Å². The smallest absolute Gasteiger partial charge is 0.108 e. The topological polar surface area (TPSA) is 74.6 Å². The Labute approximate surface area is 85.0 Å². The fourth-order valence-corrected chi connectivity index (χ4v) is 1.35. The highest BCUT2D eigenvalue weighted by molar-refractivity contribution is 5.08. The molecule has 0 aliphatic carbocycles. The summed E-state index contributed by atoms with van der Waals surface area (Å²) in [5.41, 5.74) is -0.694. The molecule has 74 valence electrons. The quantitative estimate of drug-likeness (QED) is 0.614. The lowest BCUT2D eigenvalue weighted by Crippen LogP contribution is -2.45. The third kappa shape index (κ3) is 3.05. The van der Waals surface area contributed by atoms with Crippen molar-refractivity contribution in [3.05, 3.63) is 0 Å². The van der Waals surface area contributed by atoms with Crippen LogP contribution in [-0.2, 0) is 0 Å². The molecule has 0 amide bonds. The van der Waals surface area contributed by atoms with Gasteiger partial charge in [-0.1, -0.05) is 13.3 Å². The SMILES string of the molecule is CCC[C@@](C)(C#N)N(CC#N)CC#N. The molecule has 0 saturated heterocycles. The van der Waals surface area contributed by atoms with E-state index in [1.807, 2.05) is 19.1 Å². The van der Waals surface area contributed by atoms with Crippen molar-refractivity contribution in [2.24, 2.45) is 0 Å². The largest absolute Gasteiger partial charge is 0.259 e. The molecule has 0 aromatic heterocycles. The van der Waals surface area contributed by atoms with Gasteiger partial charge < -0.3 is 0 Å². The van der Waals surface area contributed by atoms with Crippen LogP contribution in [0, 0.1) is 34.0 Å².